The fourth-order valence-electron chi connectivity index (χ4n) is 3.62. The zero-order chi connectivity index (χ0) is 21.3. The smallest absolute Gasteiger partial charge is 0.346 e. The number of nitrogens with one attached hydrogen (secondary N) is 1. The molecular formula is C24H19NO4S. The van der Waals surface area contributed by atoms with Crippen molar-refractivity contribution in [3.63, 3.8) is 0 Å². The Kier molecular flexibility index (Phi) is 5.30. The lowest BCUT2D eigenvalue weighted by Crippen LogP contribution is -2.22. The van der Waals surface area contributed by atoms with Crippen molar-refractivity contribution in [1.82, 2.24) is 0 Å². The van der Waals surface area contributed by atoms with E-state index in [4.69, 9.17) is 11.2 Å². The van der Waals surface area contributed by atoms with Gasteiger partial charge in [-0.15, -0.1) is 17.8 Å². The van der Waals surface area contributed by atoms with Crippen LogP contribution in [0.25, 0.3) is 11.1 Å². The summed E-state index contributed by atoms with van der Waals surface area (Å²) in [6.45, 7) is 2.15. The van der Waals surface area contributed by atoms with Gasteiger partial charge >= 0.3 is 5.97 Å². The van der Waals surface area contributed by atoms with Gasteiger partial charge in [-0.25, -0.2) is 4.79 Å². The highest BCUT2D eigenvalue weighted by Gasteiger charge is 2.34. The summed E-state index contributed by atoms with van der Waals surface area (Å²) in [6, 6.07) is 15.0. The molecule has 0 fully saturated rings. The van der Waals surface area contributed by atoms with E-state index in [2.05, 4.69) is 11.2 Å². The molecule has 1 aliphatic rings. The van der Waals surface area contributed by atoms with Gasteiger partial charge < -0.3 is 15.2 Å². The predicted molar refractivity (Wildman–Crippen MR) is 117 cm³/mol. The highest BCUT2D eigenvalue weighted by atomic mass is 32.1. The molecule has 1 atom stereocenters. The second-order valence-electron chi connectivity index (χ2n) is 7.08. The minimum absolute atomic E-state index is 0.136. The first-order valence-electron chi connectivity index (χ1n) is 9.41. The lowest BCUT2D eigenvalue weighted by atomic mass is 9.88. The Bertz CT molecular complexity index is 1150. The van der Waals surface area contributed by atoms with Gasteiger partial charge in [-0.2, -0.15) is 0 Å². The van der Waals surface area contributed by atoms with Crippen molar-refractivity contribution in [1.29, 1.82) is 0 Å². The Balaban J connectivity index is 1.81. The maximum absolute atomic E-state index is 12.5. The number of rotatable bonds is 5. The number of ether oxygens (including phenoxy) is 1. The molecule has 4 rings (SSSR count). The SMILES string of the molecule is C#CCOc1ccc([C@@H]2CC(=O)Nc3c2sc(C(=O)O)c3-c2ccc(C)cc2)cc1. The molecule has 0 aliphatic carbocycles. The molecular weight excluding hydrogens is 398 g/mol. The first-order chi connectivity index (χ1) is 14.5. The van der Waals surface area contributed by atoms with Gasteiger partial charge in [-0.05, 0) is 30.2 Å². The van der Waals surface area contributed by atoms with Gasteiger partial charge in [0.15, 0.2) is 0 Å². The first kappa shape index (κ1) is 19.7. The number of terminal acetylenes is 1. The van der Waals surface area contributed by atoms with Gasteiger partial charge in [-0.3, -0.25) is 4.79 Å². The molecule has 0 saturated carbocycles. The molecule has 0 saturated heterocycles. The summed E-state index contributed by atoms with van der Waals surface area (Å²) in [7, 11) is 0. The largest absolute Gasteiger partial charge is 0.481 e. The summed E-state index contributed by atoms with van der Waals surface area (Å²) < 4.78 is 5.42. The van der Waals surface area contributed by atoms with Gasteiger partial charge in [0.05, 0.1) is 5.69 Å². The molecule has 6 heteroatoms. The minimum atomic E-state index is -1.00. The van der Waals surface area contributed by atoms with Crippen LogP contribution < -0.4 is 10.1 Å². The number of benzene rings is 2. The van der Waals surface area contributed by atoms with E-state index in [1.807, 2.05) is 55.5 Å². The summed E-state index contributed by atoms with van der Waals surface area (Å²) in [4.78, 5) is 25.6. The van der Waals surface area contributed by atoms with Crippen LogP contribution in [0.1, 0.15) is 38.0 Å². The van der Waals surface area contributed by atoms with Crippen LogP contribution in [-0.2, 0) is 4.79 Å². The number of aryl methyl sites for hydroxylation is 1. The zero-order valence-corrected chi connectivity index (χ0v) is 17.1. The zero-order valence-electron chi connectivity index (χ0n) is 16.3. The van der Waals surface area contributed by atoms with Crippen LogP contribution in [0.4, 0.5) is 5.69 Å². The van der Waals surface area contributed by atoms with Gasteiger partial charge in [0.1, 0.15) is 17.2 Å². The number of amides is 1. The van der Waals surface area contributed by atoms with Gasteiger partial charge in [0.2, 0.25) is 5.91 Å². The fraction of sp³-hybridized carbons (Fsp3) is 0.167. The quantitative estimate of drug-likeness (QED) is 0.579. The van der Waals surface area contributed by atoms with Crippen LogP contribution in [0.15, 0.2) is 48.5 Å². The van der Waals surface area contributed by atoms with Crippen molar-refractivity contribution in [2.45, 2.75) is 19.3 Å². The average molecular weight is 417 g/mol. The van der Waals surface area contributed by atoms with Gasteiger partial charge in [0.25, 0.3) is 0 Å². The number of carboxylic acids is 1. The van der Waals surface area contributed by atoms with Crippen LogP contribution in [-0.4, -0.2) is 23.6 Å². The standard InChI is InChI=1S/C24H19NO4S/c1-3-12-29-17-10-8-15(9-11-17)18-13-19(26)25-21-20(16-6-4-14(2)5-7-16)23(24(27)28)30-22(18)21/h1,4-11,18H,12-13H2,2H3,(H,25,26)(H,27,28)/t18-/m0/s1. The number of carbonyl (C=O) groups is 2. The molecule has 5 nitrogen and oxygen atoms in total. The topological polar surface area (TPSA) is 75.6 Å². The summed E-state index contributed by atoms with van der Waals surface area (Å²) >= 11 is 1.22. The van der Waals surface area contributed by atoms with E-state index in [1.54, 1.807) is 0 Å². The highest BCUT2D eigenvalue weighted by molar-refractivity contribution is 7.15. The van der Waals surface area contributed by atoms with E-state index in [-0.39, 0.29) is 29.7 Å². The first-order valence-corrected chi connectivity index (χ1v) is 10.2. The maximum Gasteiger partial charge on any atom is 0.346 e. The number of thiophene rings is 1. The summed E-state index contributed by atoms with van der Waals surface area (Å²) in [5, 5.41) is 12.8. The third kappa shape index (κ3) is 3.68. The van der Waals surface area contributed by atoms with Crippen LogP contribution in [0.3, 0.4) is 0 Å². The van der Waals surface area contributed by atoms with E-state index in [0.717, 1.165) is 21.6 Å². The lowest BCUT2D eigenvalue weighted by molar-refractivity contribution is -0.116. The number of aromatic carboxylic acids is 1. The predicted octanol–water partition coefficient (Wildman–Crippen LogP) is 4.91. The average Bonchev–Trinajstić information content (AvgIpc) is 3.12. The van der Waals surface area contributed by atoms with Crippen molar-refractivity contribution in [3.8, 4) is 29.2 Å². The van der Waals surface area contributed by atoms with E-state index in [9.17, 15) is 14.7 Å². The Morgan fingerprint density at radius 1 is 1.23 bits per heavy atom. The van der Waals surface area contributed by atoms with Crippen molar-refractivity contribution < 1.29 is 19.4 Å². The molecule has 1 amide bonds. The fourth-order valence-corrected chi connectivity index (χ4v) is 4.87. The molecule has 2 heterocycles. The second kappa shape index (κ2) is 8.05. The monoisotopic (exact) mass is 417 g/mol. The van der Waals surface area contributed by atoms with E-state index < -0.39 is 5.97 Å². The van der Waals surface area contributed by atoms with E-state index in [0.29, 0.717) is 17.0 Å². The van der Waals surface area contributed by atoms with E-state index >= 15 is 0 Å². The van der Waals surface area contributed by atoms with Gasteiger partial charge in [0, 0.05) is 22.8 Å². The molecule has 2 N–H and O–H groups in total. The minimum Gasteiger partial charge on any atom is -0.481 e. The van der Waals surface area contributed by atoms with Crippen LogP contribution in [0, 0.1) is 19.3 Å². The van der Waals surface area contributed by atoms with Crippen molar-refractivity contribution in [2.75, 3.05) is 11.9 Å². The van der Waals surface area contributed by atoms with Crippen molar-refractivity contribution >= 4 is 28.9 Å². The molecule has 0 spiro atoms. The van der Waals surface area contributed by atoms with Crippen LogP contribution in [0.2, 0.25) is 0 Å². The molecule has 2 aromatic carbocycles. The van der Waals surface area contributed by atoms with Crippen LogP contribution >= 0.6 is 11.3 Å². The molecule has 150 valence electrons. The second-order valence-corrected chi connectivity index (χ2v) is 8.14. The molecule has 1 aromatic heterocycles. The number of anilines is 1. The molecule has 3 aromatic rings. The molecule has 0 bridgehead atoms. The number of carbonyl (C=O) groups excluding carboxylic acids is 1. The number of fused-ring (bicyclic) bond motifs is 1. The van der Waals surface area contributed by atoms with E-state index in [1.165, 1.54) is 11.3 Å². The molecule has 0 radical (unpaired) electrons. The Hall–Kier alpha value is -3.56. The van der Waals surface area contributed by atoms with Gasteiger partial charge in [-0.1, -0.05) is 47.9 Å². The molecule has 0 unspecified atom stereocenters. The third-order valence-corrected chi connectivity index (χ3v) is 6.34. The Morgan fingerprint density at radius 3 is 2.57 bits per heavy atom. The number of hydrogen-bond donors (Lipinski definition) is 2. The maximum atomic E-state index is 12.5. The third-order valence-electron chi connectivity index (χ3n) is 5.05. The normalized spacial score (nSPS) is 15.1. The molecule has 1 aliphatic heterocycles. The summed E-state index contributed by atoms with van der Waals surface area (Å²) in [5.74, 6) is 1.71. The van der Waals surface area contributed by atoms with Crippen molar-refractivity contribution in [3.05, 3.63) is 69.4 Å². The Morgan fingerprint density at radius 2 is 1.93 bits per heavy atom. The lowest BCUT2D eigenvalue weighted by Gasteiger charge is -2.24. The summed E-state index contributed by atoms with van der Waals surface area (Å²) in [5.41, 5.74) is 3.93. The van der Waals surface area contributed by atoms with Crippen LogP contribution in [0.5, 0.6) is 5.75 Å². The Labute approximate surface area is 178 Å². The molecule has 30 heavy (non-hydrogen) atoms. The summed E-state index contributed by atoms with van der Waals surface area (Å²) in [6.07, 6.45) is 5.48. The van der Waals surface area contributed by atoms with Crippen molar-refractivity contribution in [2.24, 2.45) is 0 Å². The highest BCUT2D eigenvalue weighted by Crippen LogP contribution is 2.49. The number of hydrogen-bond acceptors (Lipinski definition) is 4. The number of carboxylic acid groups (broad SMARTS) is 1.